The molecule has 1 aromatic carbocycles. The van der Waals surface area contributed by atoms with Crippen molar-refractivity contribution < 1.29 is 17.9 Å². The lowest BCUT2D eigenvalue weighted by Crippen LogP contribution is -2.38. The zero-order chi connectivity index (χ0) is 17.0. The summed E-state index contributed by atoms with van der Waals surface area (Å²) in [4.78, 5) is 14.6. The number of rotatable bonds is 5. The Morgan fingerprint density at radius 1 is 1.35 bits per heavy atom. The summed E-state index contributed by atoms with van der Waals surface area (Å²) >= 11 is 0. The zero-order valence-electron chi connectivity index (χ0n) is 13.8. The molecule has 1 aromatic rings. The highest BCUT2D eigenvalue weighted by Gasteiger charge is 2.25. The molecule has 0 aromatic heterocycles. The molecule has 0 unspecified atom stereocenters. The number of sulfonamides is 1. The topological polar surface area (TPSA) is 75.7 Å². The quantitative estimate of drug-likeness (QED) is 0.888. The second kappa shape index (κ2) is 7.31. The van der Waals surface area contributed by atoms with E-state index in [1.54, 1.807) is 11.8 Å². The summed E-state index contributed by atoms with van der Waals surface area (Å²) < 4.78 is 32.0. The Morgan fingerprint density at radius 2 is 2.00 bits per heavy atom. The van der Waals surface area contributed by atoms with Crippen LogP contribution in [0, 0.1) is 5.92 Å². The van der Waals surface area contributed by atoms with Crippen LogP contribution in [0.2, 0.25) is 0 Å². The standard InChI is InChI=1S/C16H24N2O4S/c1-4-17-23(20,21)13-5-6-15(22-3)14(11-13)16(19)18-9-7-12(2)8-10-18/h5-6,11-12,17H,4,7-10H2,1-3H3. The van der Waals surface area contributed by atoms with E-state index in [0.717, 1.165) is 12.8 Å². The SMILES string of the molecule is CCNS(=O)(=O)c1ccc(OC)c(C(=O)N2CCC(C)CC2)c1. The van der Waals surface area contributed by atoms with Crippen molar-refractivity contribution in [3.8, 4) is 5.75 Å². The Labute approximate surface area is 137 Å². The van der Waals surface area contributed by atoms with Gasteiger partial charge < -0.3 is 9.64 Å². The van der Waals surface area contributed by atoms with Gasteiger partial charge in [-0.2, -0.15) is 0 Å². The Kier molecular flexibility index (Phi) is 5.64. The van der Waals surface area contributed by atoms with E-state index in [2.05, 4.69) is 11.6 Å². The van der Waals surface area contributed by atoms with Crippen molar-refractivity contribution in [1.29, 1.82) is 0 Å². The molecule has 1 saturated heterocycles. The maximum atomic E-state index is 12.8. The fourth-order valence-corrected chi connectivity index (χ4v) is 3.74. The molecule has 0 radical (unpaired) electrons. The maximum Gasteiger partial charge on any atom is 0.257 e. The van der Waals surface area contributed by atoms with Crippen molar-refractivity contribution in [1.82, 2.24) is 9.62 Å². The number of likely N-dealkylation sites (tertiary alicyclic amines) is 1. The van der Waals surface area contributed by atoms with Crippen LogP contribution < -0.4 is 9.46 Å². The third-order valence-corrected chi connectivity index (χ3v) is 5.66. The number of carbonyl (C=O) groups is 1. The van der Waals surface area contributed by atoms with E-state index < -0.39 is 10.0 Å². The minimum atomic E-state index is -3.61. The van der Waals surface area contributed by atoms with E-state index >= 15 is 0 Å². The maximum absolute atomic E-state index is 12.8. The molecule has 6 nitrogen and oxygen atoms in total. The first-order valence-electron chi connectivity index (χ1n) is 7.86. The molecule has 1 N–H and O–H groups in total. The van der Waals surface area contributed by atoms with Gasteiger partial charge in [0.05, 0.1) is 17.6 Å². The highest BCUT2D eigenvalue weighted by atomic mass is 32.2. The molecule has 0 aliphatic carbocycles. The Balaban J connectivity index is 2.34. The molecule has 1 amide bonds. The molecule has 0 atom stereocenters. The van der Waals surface area contributed by atoms with E-state index in [9.17, 15) is 13.2 Å². The molecule has 1 fully saturated rings. The predicted molar refractivity (Wildman–Crippen MR) is 88.2 cm³/mol. The van der Waals surface area contributed by atoms with Gasteiger partial charge in [0.2, 0.25) is 10.0 Å². The van der Waals surface area contributed by atoms with Gasteiger partial charge in [-0.1, -0.05) is 13.8 Å². The molecular formula is C16H24N2O4S. The van der Waals surface area contributed by atoms with Gasteiger partial charge >= 0.3 is 0 Å². The Bertz CT molecular complexity index is 665. The van der Waals surface area contributed by atoms with Crippen molar-refractivity contribution >= 4 is 15.9 Å². The number of nitrogens with one attached hydrogen (secondary N) is 1. The normalized spacial score (nSPS) is 16.4. The van der Waals surface area contributed by atoms with Gasteiger partial charge in [-0.15, -0.1) is 0 Å². The van der Waals surface area contributed by atoms with Crippen LogP contribution in [-0.4, -0.2) is 46.0 Å². The van der Waals surface area contributed by atoms with Gasteiger partial charge in [-0.25, -0.2) is 13.1 Å². The first-order valence-corrected chi connectivity index (χ1v) is 9.34. The highest BCUT2D eigenvalue weighted by Crippen LogP contribution is 2.26. The minimum Gasteiger partial charge on any atom is -0.496 e. The Hall–Kier alpha value is -1.60. The molecule has 1 heterocycles. The van der Waals surface area contributed by atoms with Crippen LogP contribution in [0.25, 0.3) is 0 Å². The van der Waals surface area contributed by atoms with E-state index in [1.165, 1.54) is 25.3 Å². The van der Waals surface area contributed by atoms with Crippen LogP contribution >= 0.6 is 0 Å². The summed E-state index contributed by atoms with van der Waals surface area (Å²) in [6, 6.07) is 4.38. The molecule has 0 spiro atoms. The third kappa shape index (κ3) is 4.03. The summed E-state index contributed by atoms with van der Waals surface area (Å²) in [6.07, 6.45) is 1.92. The molecule has 0 bridgehead atoms. The monoisotopic (exact) mass is 340 g/mol. The number of piperidine rings is 1. The second-order valence-corrected chi connectivity index (χ2v) is 7.61. The number of carbonyl (C=O) groups excluding carboxylic acids is 1. The number of hydrogen-bond donors (Lipinski definition) is 1. The number of methoxy groups -OCH3 is 1. The lowest BCUT2D eigenvalue weighted by molar-refractivity contribution is 0.0693. The van der Waals surface area contributed by atoms with E-state index in [4.69, 9.17) is 4.74 Å². The third-order valence-electron chi connectivity index (χ3n) is 4.12. The summed E-state index contributed by atoms with van der Waals surface area (Å²) in [5.74, 6) is 0.827. The number of amides is 1. The largest absolute Gasteiger partial charge is 0.496 e. The molecule has 0 saturated carbocycles. The highest BCUT2D eigenvalue weighted by molar-refractivity contribution is 7.89. The van der Waals surface area contributed by atoms with Gasteiger partial charge in [0, 0.05) is 19.6 Å². The van der Waals surface area contributed by atoms with Gasteiger partial charge in [-0.05, 0) is 37.0 Å². The fourth-order valence-electron chi connectivity index (χ4n) is 2.68. The molecule has 2 rings (SSSR count). The molecule has 1 aliphatic heterocycles. The first-order chi connectivity index (χ1) is 10.9. The predicted octanol–water partition coefficient (Wildman–Crippen LogP) is 1.87. The van der Waals surface area contributed by atoms with Crippen molar-refractivity contribution in [3.63, 3.8) is 0 Å². The molecule has 7 heteroatoms. The number of benzene rings is 1. The summed E-state index contributed by atoms with van der Waals surface area (Å²) in [7, 11) is -2.13. The second-order valence-electron chi connectivity index (χ2n) is 5.84. The number of ether oxygens (including phenoxy) is 1. The number of hydrogen-bond acceptors (Lipinski definition) is 4. The first kappa shape index (κ1) is 17.7. The van der Waals surface area contributed by atoms with Gasteiger partial charge in [0.15, 0.2) is 0 Å². The van der Waals surface area contributed by atoms with Crippen LogP contribution in [0.3, 0.4) is 0 Å². The lowest BCUT2D eigenvalue weighted by Gasteiger charge is -2.30. The number of nitrogens with zero attached hydrogens (tertiary/aromatic N) is 1. The van der Waals surface area contributed by atoms with Gasteiger partial charge in [0.1, 0.15) is 5.75 Å². The molecule has 23 heavy (non-hydrogen) atoms. The molecule has 128 valence electrons. The van der Waals surface area contributed by atoms with Crippen molar-refractivity contribution in [2.24, 2.45) is 5.92 Å². The van der Waals surface area contributed by atoms with Gasteiger partial charge in [-0.3, -0.25) is 4.79 Å². The summed E-state index contributed by atoms with van der Waals surface area (Å²) in [6.45, 7) is 5.55. The van der Waals surface area contributed by atoms with Gasteiger partial charge in [0.25, 0.3) is 5.91 Å². The van der Waals surface area contributed by atoms with E-state index in [-0.39, 0.29) is 10.8 Å². The fraction of sp³-hybridized carbons (Fsp3) is 0.562. The van der Waals surface area contributed by atoms with Crippen molar-refractivity contribution in [2.75, 3.05) is 26.7 Å². The minimum absolute atomic E-state index is 0.0777. The van der Waals surface area contributed by atoms with Crippen LogP contribution in [0.4, 0.5) is 0 Å². The van der Waals surface area contributed by atoms with Crippen LogP contribution in [0.1, 0.15) is 37.0 Å². The van der Waals surface area contributed by atoms with Crippen LogP contribution in [0.15, 0.2) is 23.1 Å². The van der Waals surface area contributed by atoms with E-state index in [1.807, 2.05) is 0 Å². The van der Waals surface area contributed by atoms with E-state index in [0.29, 0.717) is 36.9 Å². The van der Waals surface area contributed by atoms with Crippen LogP contribution in [0.5, 0.6) is 5.75 Å². The van der Waals surface area contributed by atoms with Crippen LogP contribution in [-0.2, 0) is 10.0 Å². The molecular weight excluding hydrogens is 316 g/mol. The smallest absolute Gasteiger partial charge is 0.257 e. The van der Waals surface area contributed by atoms with Crippen molar-refractivity contribution in [2.45, 2.75) is 31.6 Å². The van der Waals surface area contributed by atoms with Crippen molar-refractivity contribution in [3.05, 3.63) is 23.8 Å². The Morgan fingerprint density at radius 3 is 2.57 bits per heavy atom. The zero-order valence-corrected chi connectivity index (χ0v) is 14.6. The summed E-state index contributed by atoms with van der Waals surface area (Å²) in [5.41, 5.74) is 0.293. The molecule has 1 aliphatic rings. The summed E-state index contributed by atoms with van der Waals surface area (Å²) in [5, 5.41) is 0. The average Bonchev–Trinajstić information content (AvgIpc) is 2.54. The average molecular weight is 340 g/mol. The lowest BCUT2D eigenvalue weighted by atomic mass is 9.98.